The summed E-state index contributed by atoms with van der Waals surface area (Å²) in [6, 6.07) is 10.6. The van der Waals surface area contributed by atoms with Crippen LogP contribution in [0.3, 0.4) is 0 Å². The van der Waals surface area contributed by atoms with Gasteiger partial charge in [-0.1, -0.05) is 22.0 Å². The van der Waals surface area contributed by atoms with E-state index in [0.717, 1.165) is 4.47 Å². The van der Waals surface area contributed by atoms with E-state index in [1.54, 1.807) is 30.5 Å². The summed E-state index contributed by atoms with van der Waals surface area (Å²) in [5.41, 5.74) is 3.50. The minimum Gasteiger partial charge on any atom is -0.496 e. The highest BCUT2D eigenvalue weighted by atomic mass is 79.9. The number of amides is 1. The molecule has 0 saturated carbocycles. The van der Waals surface area contributed by atoms with Crippen molar-refractivity contribution in [3.05, 3.63) is 58.3 Å². The van der Waals surface area contributed by atoms with Crippen molar-refractivity contribution in [1.82, 2.24) is 10.4 Å². The first-order valence-electron chi connectivity index (χ1n) is 5.78. The Morgan fingerprint density at radius 2 is 2.25 bits per heavy atom. The second-order valence-corrected chi connectivity index (χ2v) is 4.71. The zero-order valence-electron chi connectivity index (χ0n) is 10.7. The smallest absolute Gasteiger partial charge is 0.275 e. The molecule has 0 fully saturated rings. The Hall–Kier alpha value is -2.21. The molecule has 0 spiro atoms. The van der Waals surface area contributed by atoms with Gasteiger partial charge in [-0.25, -0.2) is 5.43 Å². The first-order valence-corrected chi connectivity index (χ1v) is 6.58. The van der Waals surface area contributed by atoms with E-state index >= 15 is 0 Å². The Bertz CT molecular complexity index is 630. The summed E-state index contributed by atoms with van der Waals surface area (Å²) in [7, 11) is 1.51. The number of nitrogens with one attached hydrogen (secondary N) is 1. The third kappa shape index (κ3) is 3.64. The van der Waals surface area contributed by atoms with Crippen LogP contribution in [0.2, 0.25) is 0 Å². The fraction of sp³-hybridized carbons (Fsp3) is 0.0714. The SMILES string of the molecule is COc1ccc(Br)cc1C(=O)N/N=C/c1ccccn1. The maximum absolute atomic E-state index is 12.0. The Morgan fingerprint density at radius 1 is 1.40 bits per heavy atom. The van der Waals surface area contributed by atoms with Crippen LogP contribution < -0.4 is 10.2 Å². The predicted octanol–water partition coefficient (Wildman–Crippen LogP) is 2.62. The van der Waals surface area contributed by atoms with E-state index in [9.17, 15) is 4.79 Å². The highest BCUT2D eigenvalue weighted by Crippen LogP contribution is 2.22. The van der Waals surface area contributed by atoms with Crippen LogP contribution >= 0.6 is 15.9 Å². The van der Waals surface area contributed by atoms with Gasteiger partial charge in [-0.3, -0.25) is 9.78 Å². The molecule has 0 aliphatic carbocycles. The number of hydrogen-bond donors (Lipinski definition) is 1. The molecule has 2 rings (SSSR count). The number of hydrazone groups is 1. The van der Waals surface area contributed by atoms with Gasteiger partial charge < -0.3 is 4.74 Å². The van der Waals surface area contributed by atoms with E-state index < -0.39 is 0 Å². The highest BCUT2D eigenvalue weighted by Gasteiger charge is 2.11. The molecule has 102 valence electrons. The summed E-state index contributed by atoms with van der Waals surface area (Å²) < 4.78 is 5.93. The van der Waals surface area contributed by atoms with Crippen LogP contribution in [0.4, 0.5) is 0 Å². The molecule has 20 heavy (non-hydrogen) atoms. The number of carbonyl (C=O) groups excluding carboxylic acids is 1. The van der Waals surface area contributed by atoms with E-state index in [0.29, 0.717) is 17.0 Å². The largest absolute Gasteiger partial charge is 0.496 e. The molecule has 0 radical (unpaired) electrons. The van der Waals surface area contributed by atoms with Gasteiger partial charge in [0.2, 0.25) is 0 Å². The lowest BCUT2D eigenvalue weighted by atomic mass is 10.2. The predicted molar refractivity (Wildman–Crippen MR) is 80.0 cm³/mol. The van der Waals surface area contributed by atoms with Crippen LogP contribution in [0, 0.1) is 0 Å². The van der Waals surface area contributed by atoms with E-state index in [1.165, 1.54) is 13.3 Å². The summed E-state index contributed by atoms with van der Waals surface area (Å²) in [5.74, 6) is 0.133. The summed E-state index contributed by atoms with van der Waals surface area (Å²) in [4.78, 5) is 16.1. The van der Waals surface area contributed by atoms with Gasteiger partial charge in [0, 0.05) is 10.7 Å². The molecule has 2 aromatic rings. The fourth-order valence-corrected chi connectivity index (χ4v) is 1.89. The molecule has 0 atom stereocenters. The average molecular weight is 334 g/mol. The van der Waals surface area contributed by atoms with Crippen molar-refractivity contribution in [1.29, 1.82) is 0 Å². The molecular weight excluding hydrogens is 322 g/mol. The number of nitrogens with zero attached hydrogens (tertiary/aromatic N) is 2. The van der Waals surface area contributed by atoms with Gasteiger partial charge in [-0.2, -0.15) is 5.10 Å². The molecule has 1 N–H and O–H groups in total. The van der Waals surface area contributed by atoms with Gasteiger partial charge in [-0.05, 0) is 30.3 Å². The van der Waals surface area contributed by atoms with E-state index in [4.69, 9.17) is 4.74 Å². The zero-order valence-corrected chi connectivity index (χ0v) is 12.3. The van der Waals surface area contributed by atoms with Crippen molar-refractivity contribution >= 4 is 28.1 Å². The lowest BCUT2D eigenvalue weighted by Crippen LogP contribution is -2.18. The Kier molecular flexibility index (Phi) is 4.84. The third-order valence-electron chi connectivity index (χ3n) is 2.46. The molecule has 0 unspecified atom stereocenters. The van der Waals surface area contributed by atoms with Crippen LogP contribution in [0.1, 0.15) is 16.1 Å². The fourth-order valence-electron chi connectivity index (χ4n) is 1.53. The van der Waals surface area contributed by atoms with Gasteiger partial charge >= 0.3 is 0 Å². The van der Waals surface area contributed by atoms with Crippen molar-refractivity contribution in [2.24, 2.45) is 5.10 Å². The van der Waals surface area contributed by atoms with Crippen LogP contribution in [-0.4, -0.2) is 24.2 Å². The molecule has 0 aliphatic heterocycles. The summed E-state index contributed by atoms with van der Waals surface area (Å²) in [6.07, 6.45) is 3.13. The van der Waals surface area contributed by atoms with Crippen LogP contribution in [-0.2, 0) is 0 Å². The third-order valence-corrected chi connectivity index (χ3v) is 2.95. The number of halogens is 1. The second kappa shape index (κ2) is 6.81. The summed E-state index contributed by atoms with van der Waals surface area (Å²) >= 11 is 3.31. The number of hydrogen-bond acceptors (Lipinski definition) is 4. The number of benzene rings is 1. The van der Waals surface area contributed by atoms with Crippen LogP contribution in [0.5, 0.6) is 5.75 Å². The highest BCUT2D eigenvalue weighted by molar-refractivity contribution is 9.10. The first kappa shape index (κ1) is 14.2. The zero-order chi connectivity index (χ0) is 14.4. The maximum atomic E-state index is 12.0. The van der Waals surface area contributed by atoms with Crippen molar-refractivity contribution in [3.8, 4) is 5.75 Å². The molecular formula is C14H12BrN3O2. The van der Waals surface area contributed by atoms with Gasteiger partial charge in [0.15, 0.2) is 0 Å². The molecule has 0 saturated heterocycles. The number of methoxy groups -OCH3 is 1. The van der Waals surface area contributed by atoms with Crippen molar-refractivity contribution in [2.75, 3.05) is 7.11 Å². The Labute approximate surface area is 124 Å². The van der Waals surface area contributed by atoms with E-state index in [1.807, 2.05) is 12.1 Å². The minimum absolute atomic E-state index is 0.352. The molecule has 1 amide bonds. The molecule has 5 nitrogen and oxygen atoms in total. The average Bonchev–Trinajstić information content (AvgIpc) is 2.48. The standard InChI is InChI=1S/C14H12BrN3O2/c1-20-13-6-5-10(15)8-12(13)14(19)18-17-9-11-4-2-3-7-16-11/h2-9H,1H3,(H,18,19)/b17-9+. The molecule has 0 aliphatic rings. The number of rotatable bonds is 4. The van der Waals surface area contributed by atoms with Crippen LogP contribution in [0.15, 0.2) is 52.2 Å². The number of pyridine rings is 1. The molecule has 1 aromatic carbocycles. The maximum Gasteiger partial charge on any atom is 0.275 e. The topological polar surface area (TPSA) is 63.6 Å². The van der Waals surface area contributed by atoms with Gasteiger partial charge in [0.1, 0.15) is 5.75 Å². The van der Waals surface area contributed by atoms with E-state index in [-0.39, 0.29) is 5.91 Å². The first-order chi connectivity index (χ1) is 9.70. The minimum atomic E-state index is -0.352. The van der Waals surface area contributed by atoms with Crippen molar-refractivity contribution in [2.45, 2.75) is 0 Å². The molecule has 0 bridgehead atoms. The van der Waals surface area contributed by atoms with Gasteiger partial charge in [0.05, 0.1) is 24.6 Å². The normalized spacial score (nSPS) is 10.5. The van der Waals surface area contributed by atoms with Crippen LogP contribution in [0.25, 0.3) is 0 Å². The van der Waals surface area contributed by atoms with Crippen molar-refractivity contribution < 1.29 is 9.53 Å². The monoisotopic (exact) mass is 333 g/mol. The van der Waals surface area contributed by atoms with Gasteiger partial charge in [-0.15, -0.1) is 0 Å². The van der Waals surface area contributed by atoms with E-state index in [2.05, 4.69) is 31.4 Å². The Morgan fingerprint density at radius 3 is 2.95 bits per heavy atom. The molecule has 6 heteroatoms. The number of ether oxygens (including phenoxy) is 1. The second-order valence-electron chi connectivity index (χ2n) is 3.80. The molecule has 1 aromatic heterocycles. The number of carbonyl (C=O) groups is 1. The van der Waals surface area contributed by atoms with Gasteiger partial charge in [0.25, 0.3) is 5.91 Å². The quantitative estimate of drug-likeness (QED) is 0.691. The van der Waals surface area contributed by atoms with Crippen molar-refractivity contribution in [3.63, 3.8) is 0 Å². The molecule has 1 heterocycles. The lowest BCUT2D eigenvalue weighted by Gasteiger charge is -2.07. The summed E-state index contributed by atoms with van der Waals surface area (Å²) in [5, 5.41) is 3.87. The summed E-state index contributed by atoms with van der Waals surface area (Å²) in [6.45, 7) is 0. The lowest BCUT2D eigenvalue weighted by molar-refractivity contribution is 0.0952. The number of aromatic nitrogens is 1. The Balaban J connectivity index is 2.09.